The van der Waals surface area contributed by atoms with Crippen LogP contribution in [0, 0.1) is 19.8 Å². The first-order valence-corrected chi connectivity index (χ1v) is 9.97. The number of hydrogen-bond acceptors (Lipinski definition) is 4. The average molecular weight is 382 g/mol. The second-order valence-corrected chi connectivity index (χ2v) is 8.06. The number of aryl methyl sites for hydroxylation is 3. The topological polar surface area (TPSA) is 76.0 Å². The summed E-state index contributed by atoms with van der Waals surface area (Å²) in [6.45, 7) is 6.64. The number of carbonyl (C=O) groups excluding carboxylic acids is 2. The number of imidazole rings is 1. The number of amides is 2. The molecule has 0 unspecified atom stereocenters. The van der Waals surface area contributed by atoms with Gasteiger partial charge in [0.05, 0.1) is 20.9 Å². The summed E-state index contributed by atoms with van der Waals surface area (Å²) in [6.07, 6.45) is 1.91. The van der Waals surface area contributed by atoms with Crippen molar-refractivity contribution in [2.45, 2.75) is 40.2 Å². The molecular formula is C20H22N4O2S. The van der Waals surface area contributed by atoms with Crippen LogP contribution in [0.25, 0.3) is 11.0 Å². The minimum atomic E-state index is -0.203. The SMILES string of the molecule is CCn1c(NC(=O)c2sc(NC(=O)C3CC3)cc2C)nc2cc(C)ccc21. The predicted molar refractivity (Wildman–Crippen MR) is 109 cm³/mol. The molecule has 1 aliphatic rings. The van der Waals surface area contributed by atoms with Crippen LogP contribution in [-0.2, 0) is 11.3 Å². The summed E-state index contributed by atoms with van der Waals surface area (Å²) in [5.41, 5.74) is 3.84. The normalized spacial score (nSPS) is 13.7. The number of aromatic nitrogens is 2. The van der Waals surface area contributed by atoms with E-state index < -0.39 is 0 Å². The molecule has 0 spiro atoms. The van der Waals surface area contributed by atoms with Crippen LogP contribution < -0.4 is 10.6 Å². The first-order chi connectivity index (χ1) is 13.0. The molecule has 1 aliphatic carbocycles. The first-order valence-electron chi connectivity index (χ1n) is 9.15. The fourth-order valence-electron chi connectivity index (χ4n) is 3.15. The lowest BCUT2D eigenvalue weighted by Crippen LogP contribution is -2.15. The average Bonchev–Trinajstić information content (AvgIpc) is 3.33. The molecule has 1 fully saturated rings. The van der Waals surface area contributed by atoms with Crippen LogP contribution in [-0.4, -0.2) is 21.4 Å². The van der Waals surface area contributed by atoms with Gasteiger partial charge in [0.15, 0.2) is 0 Å². The highest BCUT2D eigenvalue weighted by atomic mass is 32.1. The molecule has 2 heterocycles. The van der Waals surface area contributed by atoms with Crippen LogP contribution in [0.3, 0.4) is 0 Å². The zero-order valence-electron chi connectivity index (χ0n) is 15.6. The van der Waals surface area contributed by atoms with E-state index in [1.54, 1.807) is 0 Å². The van der Waals surface area contributed by atoms with E-state index in [1.807, 2.05) is 49.6 Å². The lowest BCUT2D eigenvalue weighted by atomic mass is 10.2. The Morgan fingerprint density at radius 3 is 2.70 bits per heavy atom. The molecule has 27 heavy (non-hydrogen) atoms. The molecule has 1 aromatic carbocycles. The van der Waals surface area contributed by atoms with Gasteiger partial charge in [0.25, 0.3) is 5.91 Å². The third kappa shape index (κ3) is 3.47. The lowest BCUT2D eigenvalue weighted by molar-refractivity contribution is -0.117. The van der Waals surface area contributed by atoms with Gasteiger partial charge in [-0.25, -0.2) is 4.98 Å². The summed E-state index contributed by atoms with van der Waals surface area (Å²) in [6, 6.07) is 7.93. The number of anilines is 2. The van der Waals surface area contributed by atoms with Crippen molar-refractivity contribution < 1.29 is 9.59 Å². The maximum atomic E-state index is 12.8. The van der Waals surface area contributed by atoms with Crippen molar-refractivity contribution in [3.63, 3.8) is 0 Å². The number of hydrogen-bond donors (Lipinski definition) is 2. The molecule has 6 nitrogen and oxygen atoms in total. The standard InChI is InChI=1S/C20H22N4O2S/c1-4-24-15-8-5-11(2)9-14(15)21-20(24)23-19(26)17-12(3)10-16(27-17)22-18(25)13-6-7-13/h5,8-10,13H,4,6-7H2,1-3H3,(H,22,25)(H,21,23,26). The molecule has 2 aromatic heterocycles. The molecule has 2 N–H and O–H groups in total. The number of fused-ring (bicyclic) bond motifs is 1. The van der Waals surface area contributed by atoms with Crippen molar-refractivity contribution in [2.24, 2.45) is 5.92 Å². The second-order valence-electron chi connectivity index (χ2n) is 7.01. The molecule has 7 heteroatoms. The minimum Gasteiger partial charge on any atom is -0.317 e. The molecule has 140 valence electrons. The molecule has 4 rings (SSSR count). The predicted octanol–water partition coefficient (Wildman–Crippen LogP) is 4.34. The highest BCUT2D eigenvalue weighted by Crippen LogP contribution is 2.33. The number of nitrogens with zero attached hydrogens (tertiary/aromatic N) is 2. The highest BCUT2D eigenvalue weighted by Gasteiger charge is 2.30. The van der Waals surface area contributed by atoms with E-state index in [9.17, 15) is 9.59 Å². The van der Waals surface area contributed by atoms with Crippen LogP contribution >= 0.6 is 11.3 Å². The van der Waals surface area contributed by atoms with E-state index in [0.717, 1.165) is 35.0 Å². The molecule has 0 aliphatic heterocycles. The maximum absolute atomic E-state index is 12.8. The van der Waals surface area contributed by atoms with Gasteiger partial charge in [0.1, 0.15) is 0 Å². The van der Waals surface area contributed by atoms with Crippen molar-refractivity contribution in [1.29, 1.82) is 0 Å². The third-order valence-electron chi connectivity index (χ3n) is 4.76. The van der Waals surface area contributed by atoms with E-state index in [0.29, 0.717) is 22.4 Å². The van der Waals surface area contributed by atoms with Gasteiger partial charge in [0, 0.05) is 12.5 Å². The molecule has 0 saturated heterocycles. The zero-order chi connectivity index (χ0) is 19.1. The summed E-state index contributed by atoms with van der Waals surface area (Å²) in [5, 5.41) is 6.57. The van der Waals surface area contributed by atoms with Crippen LogP contribution in [0.4, 0.5) is 10.9 Å². The van der Waals surface area contributed by atoms with Gasteiger partial charge in [-0.05, 0) is 62.9 Å². The second kappa shape index (κ2) is 6.81. The first kappa shape index (κ1) is 17.7. The summed E-state index contributed by atoms with van der Waals surface area (Å²) in [7, 11) is 0. The Labute approximate surface area is 161 Å². The number of rotatable bonds is 5. The number of carbonyl (C=O) groups is 2. The monoisotopic (exact) mass is 382 g/mol. The lowest BCUT2D eigenvalue weighted by Gasteiger charge is -2.07. The van der Waals surface area contributed by atoms with E-state index in [2.05, 4.69) is 15.6 Å². The fourth-order valence-corrected chi connectivity index (χ4v) is 4.12. The Kier molecular flexibility index (Phi) is 4.47. The molecule has 0 atom stereocenters. The van der Waals surface area contributed by atoms with Crippen LogP contribution in [0.1, 0.15) is 40.6 Å². The Hall–Kier alpha value is -2.67. The molecule has 0 bridgehead atoms. The number of benzene rings is 1. The van der Waals surface area contributed by atoms with Crippen molar-refractivity contribution in [2.75, 3.05) is 10.6 Å². The van der Waals surface area contributed by atoms with E-state index in [-0.39, 0.29) is 17.7 Å². The van der Waals surface area contributed by atoms with Crippen molar-refractivity contribution >= 4 is 45.1 Å². The Bertz CT molecular complexity index is 1050. The Morgan fingerprint density at radius 2 is 2.00 bits per heavy atom. The zero-order valence-corrected chi connectivity index (χ0v) is 16.4. The van der Waals surface area contributed by atoms with Gasteiger partial charge >= 0.3 is 0 Å². The van der Waals surface area contributed by atoms with Crippen molar-refractivity contribution in [3.05, 3.63) is 40.3 Å². The smallest absolute Gasteiger partial charge is 0.268 e. The summed E-state index contributed by atoms with van der Waals surface area (Å²) >= 11 is 1.30. The van der Waals surface area contributed by atoms with Crippen molar-refractivity contribution in [3.8, 4) is 0 Å². The molecule has 3 aromatic rings. The van der Waals surface area contributed by atoms with Crippen LogP contribution in [0.2, 0.25) is 0 Å². The molecule has 1 saturated carbocycles. The van der Waals surface area contributed by atoms with Gasteiger partial charge < -0.3 is 9.88 Å². The van der Waals surface area contributed by atoms with Gasteiger partial charge in [-0.15, -0.1) is 11.3 Å². The van der Waals surface area contributed by atoms with Crippen molar-refractivity contribution in [1.82, 2.24) is 9.55 Å². The molecular weight excluding hydrogens is 360 g/mol. The van der Waals surface area contributed by atoms with E-state index in [1.165, 1.54) is 11.3 Å². The highest BCUT2D eigenvalue weighted by molar-refractivity contribution is 7.18. The number of nitrogens with one attached hydrogen (secondary N) is 2. The van der Waals surface area contributed by atoms with Crippen LogP contribution in [0.15, 0.2) is 24.3 Å². The Morgan fingerprint density at radius 1 is 1.22 bits per heavy atom. The summed E-state index contributed by atoms with van der Waals surface area (Å²) in [4.78, 5) is 30.0. The van der Waals surface area contributed by atoms with E-state index in [4.69, 9.17) is 0 Å². The quantitative estimate of drug-likeness (QED) is 0.689. The van der Waals surface area contributed by atoms with E-state index >= 15 is 0 Å². The maximum Gasteiger partial charge on any atom is 0.268 e. The fraction of sp³-hybridized carbons (Fsp3) is 0.350. The van der Waals surface area contributed by atoms with Gasteiger partial charge in [0.2, 0.25) is 11.9 Å². The third-order valence-corrected chi connectivity index (χ3v) is 5.92. The van der Waals surface area contributed by atoms with Crippen LogP contribution in [0.5, 0.6) is 0 Å². The summed E-state index contributed by atoms with van der Waals surface area (Å²) < 4.78 is 1.99. The van der Waals surface area contributed by atoms with Gasteiger partial charge in [-0.2, -0.15) is 0 Å². The minimum absolute atomic E-state index is 0.0475. The summed E-state index contributed by atoms with van der Waals surface area (Å²) in [5.74, 6) is 0.523. The molecule has 2 amide bonds. The largest absolute Gasteiger partial charge is 0.317 e. The Balaban J connectivity index is 1.58. The van der Waals surface area contributed by atoms with Gasteiger partial charge in [-0.3, -0.25) is 14.9 Å². The number of thiophene rings is 1. The molecule has 0 radical (unpaired) electrons. The van der Waals surface area contributed by atoms with Gasteiger partial charge in [-0.1, -0.05) is 6.07 Å².